The molecule has 0 aliphatic carbocycles. The molecule has 0 aromatic rings. The number of ether oxygens (including phenoxy) is 1. The lowest BCUT2D eigenvalue weighted by Crippen LogP contribution is -2.46. The Balaban J connectivity index is 2.51. The van der Waals surface area contributed by atoms with Crippen LogP contribution in [0.5, 0.6) is 0 Å². The number of amides is 4. The van der Waals surface area contributed by atoms with Gasteiger partial charge in [-0.1, -0.05) is 12.7 Å². The Hall–Kier alpha value is -2.05. The first-order chi connectivity index (χ1) is 7.06. The van der Waals surface area contributed by atoms with Gasteiger partial charge in [0.25, 0.3) is 5.91 Å². The maximum Gasteiger partial charge on any atom is 0.426 e. The molecule has 0 spiro atoms. The summed E-state index contributed by atoms with van der Waals surface area (Å²) in [5.74, 6) is -0.502. The van der Waals surface area contributed by atoms with Crippen molar-refractivity contribution in [1.82, 2.24) is 15.3 Å². The Morgan fingerprint density at radius 2 is 2.33 bits per heavy atom. The van der Waals surface area contributed by atoms with Gasteiger partial charge in [0.1, 0.15) is 13.2 Å². The molecule has 0 aromatic heterocycles. The molecule has 0 aromatic carbocycles. The van der Waals surface area contributed by atoms with Crippen molar-refractivity contribution in [3.63, 3.8) is 0 Å². The fourth-order valence-electron chi connectivity index (χ4n) is 0.987. The number of hydrogen-bond donors (Lipinski definition) is 1. The highest BCUT2D eigenvalue weighted by Gasteiger charge is 2.35. The number of nitrogens with one attached hydrogen (secondary N) is 1. The SMILES string of the molecule is C=CCOC(=O)NN1C(=O)CN(C)C1=O. The van der Waals surface area contributed by atoms with E-state index in [1.54, 1.807) is 0 Å². The van der Waals surface area contributed by atoms with Crippen molar-refractivity contribution in [1.29, 1.82) is 0 Å². The average molecular weight is 213 g/mol. The summed E-state index contributed by atoms with van der Waals surface area (Å²) in [6.45, 7) is 3.30. The maximum absolute atomic E-state index is 11.3. The third-order valence-electron chi connectivity index (χ3n) is 1.68. The summed E-state index contributed by atoms with van der Waals surface area (Å²) in [4.78, 5) is 34.6. The van der Waals surface area contributed by atoms with Crippen molar-refractivity contribution in [3.05, 3.63) is 12.7 Å². The van der Waals surface area contributed by atoms with E-state index in [9.17, 15) is 14.4 Å². The molecule has 0 unspecified atom stereocenters. The number of carbonyl (C=O) groups is 3. The van der Waals surface area contributed by atoms with Gasteiger partial charge >= 0.3 is 12.1 Å². The molecule has 4 amide bonds. The number of nitrogens with zero attached hydrogens (tertiary/aromatic N) is 2. The molecule has 7 nitrogen and oxygen atoms in total. The molecule has 15 heavy (non-hydrogen) atoms. The monoisotopic (exact) mass is 213 g/mol. The summed E-state index contributed by atoms with van der Waals surface area (Å²) >= 11 is 0. The lowest BCUT2D eigenvalue weighted by Gasteiger charge is -2.14. The zero-order valence-corrected chi connectivity index (χ0v) is 8.23. The van der Waals surface area contributed by atoms with Gasteiger partial charge in [0.15, 0.2) is 0 Å². The van der Waals surface area contributed by atoms with E-state index in [1.165, 1.54) is 18.0 Å². The maximum atomic E-state index is 11.3. The van der Waals surface area contributed by atoms with Gasteiger partial charge in [0.05, 0.1) is 0 Å². The van der Waals surface area contributed by atoms with Crippen molar-refractivity contribution in [2.24, 2.45) is 0 Å². The Morgan fingerprint density at radius 3 is 2.80 bits per heavy atom. The zero-order chi connectivity index (χ0) is 11.4. The normalized spacial score (nSPS) is 15.5. The average Bonchev–Trinajstić information content (AvgIpc) is 2.42. The van der Waals surface area contributed by atoms with Crippen LogP contribution in [0.3, 0.4) is 0 Å². The Morgan fingerprint density at radius 1 is 1.67 bits per heavy atom. The molecule has 1 aliphatic rings. The van der Waals surface area contributed by atoms with Crippen LogP contribution in [-0.2, 0) is 9.53 Å². The van der Waals surface area contributed by atoms with E-state index in [0.717, 1.165) is 0 Å². The number of imide groups is 1. The van der Waals surface area contributed by atoms with Crippen LogP contribution in [0.1, 0.15) is 0 Å². The molecule has 82 valence electrons. The van der Waals surface area contributed by atoms with Crippen LogP contribution in [0, 0.1) is 0 Å². The molecule has 0 atom stereocenters. The second-order valence-electron chi connectivity index (χ2n) is 2.87. The van der Waals surface area contributed by atoms with Crippen LogP contribution in [0.4, 0.5) is 9.59 Å². The van der Waals surface area contributed by atoms with Crippen LogP contribution in [0.15, 0.2) is 12.7 Å². The summed E-state index contributed by atoms with van der Waals surface area (Å²) in [6, 6.07) is -0.587. The summed E-state index contributed by atoms with van der Waals surface area (Å²) in [5.41, 5.74) is 2.03. The van der Waals surface area contributed by atoms with Crippen LogP contribution in [0.2, 0.25) is 0 Å². The minimum absolute atomic E-state index is 0.0118. The number of likely N-dealkylation sites (N-methyl/N-ethyl adjacent to an activating group) is 1. The van der Waals surface area contributed by atoms with Gasteiger partial charge < -0.3 is 9.64 Å². The quantitative estimate of drug-likeness (QED) is 0.516. The highest BCUT2D eigenvalue weighted by Crippen LogP contribution is 2.04. The largest absolute Gasteiger partial charge is 0.444 e. The molecule has 1 saturated heterocycles. The molecule has 0 radical (unpaired) electrons. The lowest BCUT2D eigenvalue weighted by atomic mass is 10.6. The molecule has 1 heterocycles. The predicted molar refractivity (Wildman–Crippen MR) is 49.6 cm³/mol. The highest BCUT2D eigenvalue weighted by molar-refractivity contribution is 6.02. The summed E-state index contributed by atoms with van der Waals surface area (Å²) in [5, 5.41) is 0.616. The molecule has 1 rings (SSSR count). The topological polar surface area (TPSA) is 79.0 Å². The highest BCUT2D eigenvalue weighted by atomic mass is 16.6. The van der Waals surface area contributed by atoms with E-state index < -0.39 is 18.0 Å². The van der Waals surface area contributed by atoms with Gasteiger partial charge in [-0.2, -0.15) is 5.01 Å². The van der Waals surface area contributed by atoms with Gasteiger partial charge in [0, 0.05) is 7.05 Å². The first-order valence-electron chi connectivity index (χ1n) is 4.18. The summed E-state index contributed by atoms with van der Waals surface area (Å²) in [6.07, 6.45) is 0.506. The second kappa shape index (κ2) is 4.45. The van der Waals surface area contributed by atoms with Gasteiger partial charge in [-0.3, -0.25) is 4.79 Å². The van der Waals surface area contributed by atoms with Crippen LogP contribution < -0.4 is 5.43 Å². The molecule has 1 fully saturated rings. The van der Waals surface area contributed by atoms with Crippen LogP contribution in [-0.4, -0.2) is 48.1 Å². The van der Waals surface area contributed by atoms with E-state index in [1.807, 2.05) is 5.43 Å². The van der Waals surface area contributed by atoms with Gasteiger partial charge in [-0.15, -0.1) is 0 Å². The molecule has 7 heteroatoms. The first-order valence-corrected chi connectivity index (χ1v) is 4.18. The molecule has 0 bridgehead atoms. The number of hydrogen-bond acceptors (Lipinski definition) is 4. The van der Waals surface area contributed by atoms with Crippen LogP contribution >= 0.6 is 0 Å². The molecule has 0 saturated carbocycles. The fraction of sp³-hybridized carbons (Fsp3) is 0.375. The fourth-order valence-corrected chi connectivity index (χ4v) is 0.987. The second-order valence-corrected chi connectivity index (χ2v) is 2.87. The predicted octanol–water partition coefficient (Wildman–Crippen LogP) is -0.292. The van der Waals surface area contributed by atoms with E-state index in [2.05, 4.69) is 11.3 Å². The van der Waals surface area contributed by atoms with Crippen molar-refractivity contribution in [2.75, 3.05) is 20.2 Å². The first kappa shape index (κ1) is 11.0. The molecular formula is C8H11N3O4. The Kier molecular flexibility index (Phi) is 3.27. The van der Waals surface area contributed by atoms with Crippen molar-refractivity contribution < 1.29 is 19.1 Å². The minimum atomic E-state index is -0.869. The smallest absolute Gasteiger partial charge is 0.426 e. The molecular weight excluding hydrogens is 202 g/mol. The molecule has 1 N–H and O–H groups in total. The summed E-state index contributed by atoms with van der Waals surface area (Å²) < 4.78 is 4.55. The van der Waals surface area contributed by atoms with E-state index in [0.29, 0.717) is 5.01 Å². The molecule has 1 aliphatic heterocycles. The standard InChI is InChI=1S/C8H11N3O4/c1-3-4-15-7(13)9-11-6(12)5-10(2)8(11)14/h3H,1,4-5H2,2H3,(H,9,13). The number of rotatable bonds is 3. The summed E-state index contributed by atoms with van der Waals surface area (Å²) in [7, 11) is 1.46. The van der Waals surface area contributed by atoms with Crippen molar-refractivity contribution >= 4 is 18.0 Å². The Bertz CT molecular complexity index is 315. The van der Waals surface area contributed by atoms with Gasteiger partial charge in [-0.25, -0.2) is 15.0 Å². The van der Waals surface area contributed by atoms with Crippen molar-refractivity contribution in [2.45, 2.75) is 0 Å². The van der Waals surface area contributed by atoms with Crippen LogP contribution in [0.25, 0.3) is 0 Å². The van der Waals surface area contributed by atoms with E-state index in [4.69, 9.17) is 0 Å². The number of hydrazine groups is 1. The van der Waals surface area contributed by atoms with Gasteiger partial charge in [-0.05, 0) is 0 Å². The third kappa shape index (κ3) is 2.46. The lowest BCUT2D eigenvalue weighted by molar-refractivity contribution is -0.127. The zero-order valence-electron chi connectivity index (χ0n) is 8.23. The Labute approximate surface area is 86.2 Å². The number of urea groups is 1. The minimum Gasteiger partial charge on any atom is -0.444 e. The third-order valence-corrected chi connectivity index (χ3v) is 1.68. The number of carbonyl (C=O) groups excluding carboxylic acids is 3. The van der Waals surface area contributed by atoms with Crippen molar-refractivity contribution in [3.8, 4) is 0 Å². The van der Waals surface area contributed by atoms with Gasteiger partial charge in [0.2, 0.25) is 0 Å². The van der Waals surface area contributed by atoms with E-state index >= 15 is 0 Å². The van der Waals surface area contributed by atoms with E-state index in [-0.39, 0.29) is 13.2 Å².